The molecule has 5 aromatic carbocycles. The van der Waals surface area contributed by atoms with Crippen molar-refractivity contribution in [1.82, 2.24) is 0 Å². The first-order valence-electron chi connectivity index (χ1n) is 16.1. The van der Waals surface area contributed by atoms with Gasteiger partial charge in [-0.15, -0.1) is 0 Å². The summed E-state index contributed by atoms with van der Waals surface area (Å²) >= 11 is 0. The molecule has 0 radical (unpaired) electrons. The third kappa shape index (κ3) is 3.80. The number of hydrogen-bond donors (Lipinski definition) is 0. The Bertz CT molecular complexity index is 1790. The monoisotopic (exact) mass is 550 g/mol. The van der Waals surface area contributed by atoms with Gasteiger partial charge in [0.1, 0.15) is 0 Å². The predicted molar refractivity (Wildman–Crippen MR) is 182 cm³/mol. The van der Waals surface area contributed by atoms with Gasteiger partial charge in [-0.2, -0.15) is 0 Å². The molecule has 5 aromatic rings. The van der Waals surface area contributed by atoms with Crippen LogP contribution in [0.2, 0.25) is 0 Å². The van der Waals surface area contributed by atoms with Gasteiger partial charge in [0.05, 0.1) is 0 Å². The van der Waals surface area contributed by atoms with Crippen LogP contribution in [-0.4, -0.2) is 0 Å². The summed E-state index contributed by atoms with van der Waals surface area (Å²) in [5, 5.41) is 5.69. The lowest BCUT2D eigenvalue weighted by molar-refractivity contribution is 0.0957. The Morgan fingerprint density at radius 3 is 1.88 bits per heavy atom. The molecule has 0 aromatic heterocycles. The summed E-state index contributed by atoms with van der Waals surface area (Å²) in [6.45, 7) is 19.7. The first kappa shape index (κ1) is 27.5. The smallest absolute Gasteiger partial charge is 0.0204 e. The lowest BCUT2D eigenvalue weighted by Crippen LogP contribution is -2.50. The normalized spacial score (nSPS) is 20.6. The molecular weight excluding hydrogens is 504 g/mol. The average molecular weight is 551 g/mol. The van der Waals surface area contributed by atoms with Crippen LogP contribution < -0.4 is 0 Å². The standard InChI is InChI=1S/C42H46/c1-26(2)28-23-35-36(22-21-32-29-16-10-9-15-27(29)24-37(38(32)35)40(3,4)5)42(25-28,41(6,7)8)39-33-19-13-11-17-30(33)31-18-12-14-20-34(31)39/h9-22,24,26,28,39H,23,25H2,1-8H3. The Labute approximate surface area is 253 Å². The van der Waals surface area contributed by atoms with Gasteiger partial charge in [0.2, 0.25) is 0 Å². The van der Waals surface area contributed by atoms with E-state index in [4.69, 9.17) is 0 Å². The Morgan fingerprint density at radius 1 is 0.690 bits per heavy atom. The molecule has 0 saturated carbocycles. The van der Waals surface area contributed by atoms with Gasteiger partial charge >= 0.3 is 0 Å². The van der Waals surface area contributed by atoms with E-state index in [2.05, 4.69) is 146 Å². The maximum atomic E-state index is 2.57. The molecule has 0 heterocycles. The minimum absolute atomic E-state index is 0.0387. The minimum Gasteiger partial charge on any atom is -0.0625 e. The number of benzene rings is 5. The quantitative estimate of drug-likeness (QED) is 0.192. The van der Waals surface area contributed by atoms with Crippen molar-refractivity contribution in [3.05, 3.63) is 119 Å². The lowest BCUT2D eigenvalue weighted by Gasteiger charge is -2.56. The maximum Gasteiger partial charge on any atom is 0.0204 e. The van der Waals surface area contributed by atoms with E-state index >= 15 is 0 Å². The molecule has 0 fully saturated rings. The first-order valence-corrected chi connectivity index (χ1v) is 16.1. The van der Waals surface area contributed by atoms with E-state index in [1.807, 2.05) is 0 Å². The second-order valence-electron chi connectivity index (χ2n) is 15.7. The molecule has 0 spiro atoms. The van der Waals surface area contributed by atoms with Gasteiger partial charge < -0.3 is 0 Å². The number of hydrogen-bond acceptors (Lipinski definition) is 0. The summed E-state index contributed by atoms with van der Waals surface area (Å²) in [7, 11) is 0. The van der Waals surface area contributed by atoms with Crippen LogP contribution in [0.4, 0.5) is 0 Å². The van der Waals surface area contributed by atoms with E-state index in [0.29, 0.717) is 17.8 Å². The van der Waals surface area contributed by atoms with Crippen molar-refractivity contribution < 1.29 is 0 Å². The topological polar surface area (TPSA) is 0 Å². The third-order valence-corrected chi connectivity index (χ3v) is 11.1. The van der Waals surface area contributed by atoms with Crippen LogP contribution in [0.15, 0.2) is 91.0 Å². The van der Waals surface area contributed by atoms with Crippen molar-refractivity contribution in [3.8, 4) is 11.1 Å². The Kier molecular flexibility index (Phi) is 6.08. The molecule has 0 heteroatoms. The fourth-order valence-electron chi connectivity index (χ4n) is 8.93. The summed E-state index contributed by atoms with van der Waals surface area (Å²) in [5.74, 6) is 1.54. The van der Waals surface area contributed by atoms with Crippen LogP contribution in [0.25, 0.3) is 32.7 Å². The molecule has 2 aliphatic rings. The highest BCUT2D eigenvalue weighted by atomic mass is 14.6. The molecule has 0 N–H and O–H groups in total. The summed E-state index contributed by atoms with van der Waals surface area (Å²) in [5.41, 5.74) is 10.6. The van der Waals surface area contributed by atoms with Gasteiger partial charge in [-0.1, -0.05) is 140 Å². The molecule has 42 heavy (non-hydrogen) atoms. The molecule has 0 bridgehead atoms. The van der Waals surface area contributed by atoms with Crippen molar-refractivity contribution in [2.45, 2.75) is 85.0 Å². The molecule has 0 aliphatic heterocycles. The van der Waals surface area contributed by atoms with Crippen LogP contribution in [0.5, 0.6) is 0 Å². The van der Waals surface area contributed by atoms with Crippen molar-refractivity contribution >= 4 is 21.5 Å². The summed E-state index contributed by atoms with van der Waals surface area (Å²) in [4.78, 5) is 0. The fraction of sp³-hybridized carbons (Fsp3) is 0.381. The predicted octanol–water partition coefficient (Wildman–Crippen LogP) is 11.6. The highest BCUT2D eigenvalue weighted by Gasteiger charge is 2.56. The highest BCUT2D eigenvalue weighted by Crippen LogP contribution is 2.65. The molecule has 0 amide bonds. The summed E-state index contributed by atoms with van der Waals surface area (Å²) < 4.78 is 0. The molecule has 2 aliphatic carbocycles. The SMILES string of the molecule is CC(C)C1Cc2c(ccc3c2c(C(C)(C)C)cc2ccccc23)C(C2c3ccccc3-c3ccccc32)(C(C)(C)C)C1. The van der Waals surface area contributed by atoms with Crippen LogP contribution in [0.3, 0.4) is 0 Å². The van der Waals surface area contributed by atoms with Gasteiger partial charge in [-0.3, -0.25) is 0 Å². The van der Waals surface area contributed by atoms with Gasteiger partial charge in [-0.05, 0) is 102 Å². The van der Waals surface area contributed by atoms with Crippen molar-refractivity contribution in [2.75, 3.05) is 0 Å². The van der Waals surface area contributed by atoms with Crippen LogP contribution in [-0.2, 0) is 17.3 Å². The zero-order chi connectivity index (χ0) is 29.6. The number of rotatable bonds is 2. The first-order chi connectivity index (χ1) is 19.9. The van der Waals surface area contributed by atoms with E-state index < -0.39 is 0 Å². The fourth-order valence-corrected chi connectivity index (χ4v) is 8.93. The second kappa shape index (κ2) is 9.31. The maximum absolute atomic E-state index is 2.57. The van der Waals surface area contributed by atoms with Crippen LogP contribution in [0, 0.1) is 17.3 Å². The van der Waals surface area contributed by atoms with E-state index in [0.717, 1.165) is 6.42 Å². The third-order valence-electron chi connectivity index (χ3n) is 11.1. The van der Waals surface area contributed by atoms with Gasteiger partial charge in [0.15, 0.2) is 0 Å². The molecule has 2 unspecified atom stereocenters. The van der Waals surface area contributed by atoms with E-state index in [1.54, 1.807) is 11.1 Å². The summed E-state index contributed by atoms with van der Waals surface area (Å²) in [6.07, 6.45) is 2.36. The Balaban J connectivity index is 1.65. The Morgan fingerprint density at radius 2 is 1.29 bits per heavy atom. The van der Waals surface area contributed by atoms with Crippen LogP contribution >= 0.6 is 0 Å². The molecule has 7 rings (SSSR count). The van der Waals surface area contributed by atoms with E-state index in [1.165, 1.54) is 55.8 Å². The van der Waals surface area contributed by atoms with Gasteiger partial charge in [0.25, 0.3) is 0 Å². The van der Waals surface area contributed by atoms with E-state index in [-0.39, 0.29) is 16.2 Å². The van der Waals surface area contributed by atoms with Crippen molar-refractivity contribution in [3.63, 3.8) is 0 Å². The molecule has 0 nitrogen and oxygen atoms in total. The molecule has 2 atom stereocenters. The van der Waals surface area contributed by atoms with Crippen molar-refractivity contribution in [2.24, 2.45) is 17.3 Å². The van der Waals surface area contributed by atoms with Crippen molar-refractivity contribution in [1.29, 1.82) is 0 Å². The zero-order valence-electron chi connectivity index (χ0n) is 26.8. The number of fused-ring (bicyclic) bond motifs is 8. The zero-order valence-corrected chi connectivity index (χ0v) is 26.8. The van der Waals surface area contributed by atoms with E-state index in [9.17, 15) is 0 Å². The summed E-state index contributed by atoms with van der Waals surface area (Å²) in [6, 6.07) is 35.2. The largest absolute Gasteiger partial charge is 0.0625 e. The lowest BCUT2D eigenvalue weighted by atomic mass is 9.47. The van der Waals surface area contributed by atoms with Gasteiger partial charge in [0, 0.05) is 11.3 Å². The minimum atomic E-state index is -0.0484. The van der Waals surface area contributed by atoms with Crippen LogP contribution in [0.1, 0.15) is 95.5 Å². The highest BCUT2D eigenvalue weighted by molar-refractivity contribution is 6.11. The Hall–Kier alpha value is -3.38. The molecular formula is C42H46. The molecule has 0 saturated heterocycles. The second-order valence-corrected chi connectivity index (χ2v) is 15.7. The van der Waals surface area contributed by atoms with Gasteiger partial charge in [-0.25, -0.2) is 0 Å². The average Bonchev–Trinajstić information content (AvgIpc) is 3.29. The molecule has 214 valence electrons.